The summed E-state index contributed by atoms with van der Waals surface area (Å²) in [4.78, 5) is 21.7. The maximum atomic E-state index is 12.4. The van der Waals surface area contributed by atoms with E-state index in [1.54, 1.807) is 14.2 Å². The van der Waals surface area contributed by atoms with Crippen LogP contribution >= 0.6 is 23.1 Å². The SMILES string of the molecule is COc1ccc(-c2csc(NC(=O)CCSc3nc4c(cc3C#N)CCCC4)n2)cc1OC. The van der Waals surface area contributed by atoms with Crippen LogP contribution in [-0.2, 0) is 17.6 Å². The highest BCUT2D eigenvalue weighted by Crippen LogP contribution is 2.33. The monoisotopic (exact) mass is 480 g/mol. The molecule has 9 heteroatoms. The molecule has 0 aliphatic heterocycles. The van der Waals surface area contributed by atoms with E-state index in [1.807, 2.05) is 29.6 Å². The van der Waals surface area contributed by atoms with Gasteiger partial charge in [0.25, 0.3) is 0 Å². The van der Waals surface area contributed by atoms with Crippen molar-refractivity contribution >= 4 is 34.1 Å². The smallest absolute Gasteiger partial charge is 0.226 e. The van der Waals surface area contributed by atoms with E-state index in [9.17, 15) is 10.1 Å². The number of nitrogens with one attached hydrogen (secondary N) is 1. The fraction of sp³-hybridized carbons (Fsp3) is 0.333. The highest BCUT2D eigenvalue weighted by atomic mass is 32.2. The number of hydrogen-bond donors (Lipinski definition) is 1. The van der Waals surface area contributed by atoms with Crippen molar-refractivity contribution in [1.29, 1.82) is 5.26 Å². The van der Waals surface area contributed by atoms with E-state index in [-0.39, 0.29) is 5.91 Å². The lowest BCUT2D eigenvalue weighted by atomic mass is 9.95. The van der Waals surface area contributed by atoms with Crippen molar-refractivity contribution in [2.45, 2.75) is 37.1 Å². The quantitative estimate of drug-likeness (QED) is 0.448. The van der Waals surface area contributed by atoms with Crippen LogP contribution in [0, 0.1) is 11.3 Å². The number of ether oxygens (including phenoxy) is 2. The standard InChI is InChI=1S/C24H24N4O3S2/c1-30-20-8-7-16(12-21(20)31-2)19-14-33-24(27-19)28-22(29)9-10-32-23-17(13-25)11-15-5-3-4-6-18(15)26-23/h7-8,11-12,14H,3-6,9-10H2,1-2H3,(H,27,28,29). The lowest BCUT2D eigenvalue weighted by Crippen LogP contribution is -2.12. The Morgan fingerprint density at radius 3 is 2.79 bits per heavy atom. The second-order valence-electron chi connectivity index (χ2n) is 7.52. The first-order chi connectivity index (χ1) is 16.1. The minimum Gasteiger partial charge on any atom is -0.493 e. The molecule has 0 atom stereocenters. The number of hydrogen-bond acceptors (Lipinski definition) is 8. The molecule has 2 heterocycles. The fourth-order valence-electron chi connectivity index (χ4n) is 3.69. The summed E-state index contributed by atoms with van der Waals surface area (Å²) in [6.07, 6.45) is 4.54. The van der Waals surface area contributed by atoms with Gasteiger partial charge in [0, 0.05) is 28.8 Å². The first kappa shape index (κ1) is 23.1. The lowest BCUT2D eigenvalue weighted by Gasteiger charge is -2.16. The number of benzene rings is 1. The number of nitrogens with zero attached hydrogens (tertiary/aromatic N) is 3. The Kier molecular flexibility index (Phi) is 7.47. The molecule has 0 saturated carbocycles. The largest absolute Gasteiger partial charge is 0.493 e. The number of amides is 1. The molecule has 1 N–H and O–H groups in total. The summed E-state index contributed by atoms with van der Waals surface area (Å²) in [6, 6.07) is 9.80. The number of nitriles is 1. The van der Waals surface area contributed by atoms with Gasteiger partial charge >= 0.3 is 0 Å². The van der Waals surface area contributed by atoms with Crippen molar-refractivity contribution < 1.29 is 14.3 Å². The average Bonchev–Trinajstić information content (AvgIpc) is 3.31. The van der Waals surface area contributed by atoms with Gasteiger partial charge < -0.3 is 14.8 Å². The number of carbonyl (C=O) groups is 1. The number of anilines is 1. The van der Waals surface area contributed by atoms with E-state index in [2.05, 4.69) is 16.4 Å². The van der Waals surface area contributed by atoms with Crippen LogP contribution in [0.15, 0.2) is 34.7 Å². The molecule has 0 spiro atoms. The Hall–Kier alpha value is -3.09. The molecule has 3 aromatic rings. The normalized spacial score (nSPS) is 12.5. The minimum absolute atomic E-state index is 0.118. The van der Waals surface area contributed by atoms with Gasteiger partial charge in [0.2, 0.25) is 5.91 Å². The topological polar surface area (TPSA) is 97.1 Å². The molecule has 0 radical (unpaired) electrons. The Morgan fingerprint density at radius 2 is 2.00 bits per heavy atom. The maximum absolute atomic E-state index is 12.4. The van der Waals surface area contributed by atoms with Crippen LogP contribution < -0.4 is 14.8 Å². The number of thioether (sulfide) groups is 1. The lowest BCUT2D eigenvalue weighted by molar-refractivity contribution is -0.115. The van der Waals surface area contributed by atoms with Gasteiger partial charge in [-0.2, -0.15) is 5.26 Å². The van der Waals surface area contributed by atoms with E-state index in [1.165, 1.54) is 28.7 Å². The molecule has 4 rings (SSSR count). The maximum Gasteiger partial charge on any atom is 0.226 e. The van der Waals surface area contributed by atoms with Crippen molar-refractivity contribution in [3.63, 3.8) is 0 Å². The molecule has 0 unspecified atom stereocenters. The Bertz CT molecular complexity index is 1200. The van der Waals surface area contributed by atoms with E-state index < -0.39 is 0 Å². The van der Waals surface area contributed by atoms with Crippen molar-refractivity contribution in [3.8, 4) is 28.8 Å². The molecule has 33 heavy (non-hydrogen) atoms. The van der Waals surface area contributed by atoms with Gasteiger partial charge in [0.05, 0.1) is 25.5 Å². The van der Waals surface area contributed by atoms with E-state index in [0.29, 0.717) is 34.4 Å². The molecule has 1 aliphatic rings. The number of thiazole rings is 1. The molecule has 7 nitrogen and oxygen atoms in total. The van der Waals surface area contributed by atoms with Gasteiger partial charge in [-0.15, -0.1) is 23.1 Å². The number of carbonyl (C=O) groups excluding carboxylic acids is 1. The van der Waals surface area contributed by atoms with Gasteiger partial charge in [-0.05, 0) is 55.5 Å². The number of aryl methyl sites for hydroxylation is 2. The second kappa shape index (κ2) is 10.7. The van der Waals surface area contributed by atoms with Gasteiger partial charge in [-0.25, -0.2) is 9.97 Å². The predicted octanol–water partition coefficient (Wildman–Crippen LogP) is 5.09. The van der Waals surface area contributed by atoms with Crippen LogP contribution in [0.2, 0.25) is 0 Å². The molecule has 0 fully saturated rings. The average molecular weight is 481 g/mol. The number of pyridine rings is 1. The fourth-order valence-corrected chi connectivity index (χ4v) is 5.34. The van der Waals surface area contributed by atoms with E-state index in [0.717, 1.165) is 47.7 Å². The zero-order valence-corrected chi connectivity index (χ0v) is 20.1. The van der Waals surface area contributed by atoms with Gasteiger partial charge in [-0.3, -0.25) is 4.79 Å². The predicted molar refractivity (Wildman–Crippen MR) is 130 cm³/mol. The summed E-state index contributed by atoms with van der Waals surface area (Å²) in [5.41, 5.74) is 4.51. The van der Waals surface area contributed by atoms with Crippen molar-refractivity contribution in [1.82, 2.24) is 9.97 Å². The molecule has 1 aliphatic carbocycles. The highest BCUT2D eigenvalue weighted by molar-refractivity contribution is 7.99. The van der Waals surface area contributed by atoms with E-state index in [4.69, 9.17) is 14.5 Å². The second-order valence-corrected chi connectivity index (χ2v) is 9.46. The third-order valence-electron chi connectivity index (χ3n) is 5.38. The van der Waals surface area contributed by atoms with Gasteiger partial charge in [0.1, 0.15) is 11.1 Å². The summed E-state index contributed by atoms with van der Waals surface area (Å²) in [7, 11) is 3.18. The zero-order chi connectivity index (χ0) is 23.2. The van der Waals surface area contributed by atoms with Crippen molar-refractivity contribution in [2.75, 3.05) is 25.3 Å². The van der Waals surface area contributed by atoms with Crippen LogP contribution in [0.4, 0.5) is 5.13 Å². The summed E-state index contributed by atoms with van der Waals surface area (Å²) in [5.74, 6) is 1.70. The minimum atomic E-state index is -0.118. The Labute approximate surface area is 201 Å². The highest BCUT2D eigenvalue weighted by Gasteiger charge is 2.16. The molecule has 0 saturated heterocycles. The molecular formula is C24H24N4O3S2. The van der Waals surface area contributed by atoms with E-state index >= 15 is 0 Å². The number of methoxy groups -OCH3 is 2. The summed E-state index contributed by atoms with van der Waals surface area (Å²) in [6.45, 7) is 0. The molecule has 170 valence electrons. The molecule has 1 aromatic carbocycles. The summed E-state index contributed by atoms with van der Waals surface area (Å²) < 4.78 is 10.6. The Morgan fingerprint density at radius 1 is 1.18 bits per heavy atom. The zero-order valence-electron chi connectivity index (χ0n) is 18.5. The third kappa shape index (κ3) is 5.46. The first-order valence-electron chi connectivity index (χ1n) is 10.6. The Balaban J connectivity index is 1.34. The summed E-state index contributed by atoms with van der Waals surface area (Å²) >= 11 is 2.83. The van der Waals surface area contributed by atoms with Crippen LogP contribution in [0.5, 0.6) is 11.5 Å². The number of fused-ring (bicyclic) bond motifs is 1. The first-order valence-corrected chi connectivity index (χ1v) is 12.5. The van der Waals surface area contributed by atoms with Crippen molar-refractivity contribution in [2.24, 2.45) is 0 Å². The third-order valence-corrected chi connectivity index (χ3v) is 7.13. The molecular weight excluding hydrogens is 456 g/mol. The molecule has 2 aromatic heterocycles. The van der Waals surface area contributed by atoms with Gasteiger partial charge in [-0.1, -0.05) is 0 Å². The van der Waals surface area contributed by atoms with Crippen molar-refractivity contribution in [3.05, 3.63) is 46.5 Å². The summed E-state index contributed by atoms with van der Waals surface area (Å²) in [5, 5.41) is 15.5. The van der Waals surface area contributed by atoms with Crippen LogP contribution in [0.25, 0.3) is 11.3 Å². The van der Waals surface area contributed by atoms with Crippen LogP contribution in [0.3, 0.4) is 0 Å². The van der Waals surface area contributed by atoms with Crippen LogP contribution in [0.1, 0.15) is 36.1 Å². The molecule has 0 bridgehead atoms. The van der Waals surface area contributed by atoms with Crippen LogP contribution in [-0.4, -0.2) is 35.8 Å². The number of rotatable bonds is 8. The number of aromatic nitrogens is 2. The molecule has 1 amide bonds. The van der Waals surface area contributed by atoms with Gasteiger partial charge in [0.15, 0.2) is 16.6 Å².